The first-order valence-electron chi connectivity index (χ1n) is 13.3. The van der Waals surface area contributed by atoms with E-state index in [0.717, 1.165) is 22.2 Å². The van der Waals surface area contributed by atoms with E-state index in [0.29, 0.717) is 30.5 Å². The Hall–Kier alpha value is -4.27. The maximum Gasteiger partial charge on any atom is 0.231 e. The van der Waals surface area contributed by atoms with Crippen LogP contribution in [0.2, 0.25) is 0 Å². The molecule has 3 N–H and O–H groups in total. The third-order valence-electron chi connectivity index (χ3n) is 6.85. The summed E-state index contributed by atoms with van der Waals surface area (Å²) in [5.74, 6) is 2.67. The minimum atomic E-state index is -0.183. The number of hydrogen-bond acceptors (Lipinski definition) is 8. The number of fused-ring (bicyclic) bond motifs is 2. The lowest BCUT2D eigenvalue weighted by Crippen LogP contribution is -2.15. The first-order valence-corrected chi connectivity index (χ1v) is 14.1. The van der Waals surface area contributed by atoms with E-state index in [1.165, 1.54) is 20.9 Å². The lowest BCUT2D eigenvalue weighted by molar-refractivity contribution is 0.174. The van der Waals surface area contributed by atoms with E-state index in [1.54, 1.807) is 11.8 Å². The van der Waals surface area contributed by atoms with Crippen LogP contribution in [-0.2, 0) is 6.54 Å². The van der Waals surface area contributed by atoms with Gasteiger partial charge in [-0.05, 0) is 66.4 Å². The number of para-hydroxylation sites is 1. The molecule has 0 bridgehead atoms. The molecule has 0 saturated heterocycles. The van der Waals surface area contributed by atoms with Gasteiger partial charge in [0.1, 0.15) is 5.82 Å². The molecule has 202 valence electrons. The van der Waals surface area contributed by atoms with Crippen LogP contribution >= 0.6 is 11.8 Å². The average Bonchev–Trinajstić information content (AvgIpc) is 3.46. The Morgan fingerprint density at radius 3 is 2.52 bits per heavy atom. The third kappa shape index (κ3) is 5.68. The van der Waals surface area contributed by atoms with Crippen molar-refractivity contribution in [2.45, 2.75) is 35.7 Å². The molecule has 0 saturated carbocycles. The summed E-state index contributed by atoms with van der Waals surface area (Å²) in [5, 5.41) is 17.8. The van der Waals surface area contributed by atoms with Gasteiger partial charge in [-0.1, -0.05) is 66.4 Å². The fraction of sp³-hybridized carbons (Fsp3) is 0.188. The van der Waals surface area contributed by atoms with Gasteiger partial charge in [0, 0.05) is 28.3 Å². The maximum atomic E-state index is 9.85. The largest absolute Gasteiger partial charge is 0.454 e. The Labute approximate surface area is 237 Å². The van der Waals surface area contributed by atoms with Crippen molar-refractivity contribution in [1.82, 2.24) is 9.97 Å². The first-order chi connectivity index (χ1) is 19.7. The SMILES string of the molecule is Cc1ccccc1Sc1ccccc1CNc1nc(NC(CCO)c2ccc3c(c2)OCO3)c2ccccc2n1. The molecular formula is C32H30N4O3S. The number of ether oxygens (including phenoxy) is 2. The summed E-state index contributed by atoms with van der Waals surface area (Å²) in [4.78, 5) is 12.1. The minimum absolute atomic E-state index is 0.0234. The number of nitrogens with one attached hydrogen (secondary N) is 2. The highest BCUT2D eigenvalue weighted by Crippen LogP contribution is 2.37. The summed E-state index contributed by atoms with van der Waals surface area (Å²) in [6.07, 6.45) is 0.504. The summed E-state index contributed by atoms with van der Waals surface area (Å²) >= 11 is 1.77. The summed E-state index contributed by atoms with van der Waals surface area (Å²) in [6.45, 7) is 2.95. The van der Waals surface area contributed by atoms with E-state index in [4.69, 9.17) is 19.4 Å². The molecule has 2 heterocycles. The molecule has 8 heteroatoms. The van der Waals surface area contributed by atoms with Crippen LogP contribution in [0.15, 0.2) is 101 Å². The van der Waals surface area contributed by atoms with Gasteiger partial charge >= 0.3 is 0 Å². The normalized spacial score (nSPS) is 12.8. The van der Waals surface area contributed by atoms with Crippen LogP contribution in [0, 0.1) is 6.92 Å². The number of aryl methyl sites for hydroxylation is 1. The number of nitrogens with zero attached hydrogens (tertiary/aromatic N) is 2. The lowest BCUT2D eigenvalue weighted by Gasteiger charge is -2.21. The zero-order valence-corrected chi connectivity index (χ0v) is 22.9. The second-order valence-corrected chi connectivity index (χ2v) is 10.6. The summed E-state index contributed by atoms with van der Waals surface area (Å²) in [6, 6.07) is 30.4. The standard InChI is InChI=1S/C32H30N4O3S/c1-21-8-2-6-12-29(21)40-30-13-7-3-9-23(30)19-33-32-35-26-11-5-4-10-24(26)31(36-32)34-25(16-17-37)22-14-15-27-28(18-22)39-20-38-27/h2-15,18,25,37H,16-17,19-20H2,1H3,(H2,33,34,35,36). The van der Waals surface area contributed by atoms with Crippen LogP contribution in [0.3, 0.4) is 0 Å². The number of aliphatic hydroxyl groups is 1. The van der Waals surface area contributed by atoms with E-state index in [9.17, 15) is 5.11 Å². The molecule has 40 heavy (non-hydrogen) atoms. The monoisotopic (exact) mass is 550 g/mol. The molecule has 0 fully saturated rings. The lowest BCUT2D eigenvalue weighted by atomic mass is 10.0. The van der Waals surface area contributed by atoms with Crippen molar-refractivity contribution in [3.8, 4) is 11.5 Å². The Morgan fingerprint density at radius 2 is 1.65 bits per heavy atom. The molecule has 0 aliphatic carbocycles. The molecule has 0 spiro atoms. The van der Waals surface area contributed by atoms with Crippen LogP contribution in [-0.4, -0.2) is 28.5 Å². The van der Waals surface area contributed by atoms with Gasteiger partial charge in [0.15, 0.2) is 11.5 Å². The summed E-state index contributed by atoms with van der Waals surface area (Å²) in [7, 11) is 0. The van der Waals surface area contributed by atoms with Crippen molar-refractivity contribution >= 4 is 34.4 Å². The zero-order chi connectivity index (χ0) is 27.3. The van der Waals surface area contributed by atoms with Gasteiger partial charge in [-0.2, -0.15) is 4.98 Å². The number of rotatable bonds is 10. The topological polar surface area (TPSA) is 88.5 Å². The van der Waals surface area contributed by atoms with Crippen molar-refractivity contribution in [3.63, 3.8) is 0 Å². The van der Waals surface area contributed by atoms with Crippen molar-refractivity contribution in [2.75, 3.05) is 24.0 Å². The molecule has 5 aromatic rings. The molecule has 1 unspecified atom stereocenters. The molecule has 4 aromatic carbocycles. The van der Waals surface area contributed by atoms with Gasteiger partial charge in [-0.3, -0.25) is 0 Å². The van der Waals surface area contributed by atoms with Crippen LogP contribution in [0.4, 0.5) is 11.8 Å². The van der Waals surface area contributed by atoms with Crippen molar-refractivity contribution in [1.29, 1.82) is 0 Å². The van der Waals surface area contributed by atoms with Crippen LogP contribution in [0.5, 0.6) is 11.5 Å². The number of anilines is 2. The van der Waals surface area contributed by atoms with Gasteiger partial charge in [0.05, 0.1) is 11.6 Å². The zero-order valence-electron chi connectivity index (χ0n) is 22.1. The highest BCUT2D eigenvalue weighted by molar-refractivity contribution is 7.99. The fourth-order valence-corrected chi connectivity index (χ4v) is 5.76. The van der Waals surface area contributed by atoms with Gasteiger partial charge in [0.25, 0.3) is 0 Å². The van der Waals surface area contributed by atoms with Crippen LogP contribution < -0.4 is 20.1 Å². The third-order valence-corrected chi connectivity index (χ3v) is 8.15. The predicted molar refractivity (Wildman–Crippen MR) is 159 cm³/mol. The molecule has 1 aliphatic heterocycles. The Bertz CT molecular complexity index is 1640. The fourth-order valence-electron chi connectivity index (χ4n) is 4.72. The Morgan fingerprint density at radius 1 is 0.875 bits per heavy atom. The van der Waals surface area contributed by atoms with Crippen molar-refractivity contribution in [2.24, 2.45) is 0 Å². The predicted octanol–water partition coefficient (Wildman–Crippen LogP) is 6.97. The number of benzene rings is 4. The smallest absolute Gasteiger partial charge is 0.231 e. The molecule has 0 amide bonds. The van der Waals surface area contributed by atoms with E-state index < -0.39 is 0 Å². The molecule has 6 rings (SSSR count). The second kappa shape index (κ2) is 11.9. The van der Waals surface area contributed by atoms with Gasteiger partial charge < -0.3 is 25.2 Å². The molecular weight excluding hydrogens is 520 g/mol. The number of aromatic nitrogens is 2. The number of aliphatic hydroxyl groups excluding tert-OH is 1. The summed E-state index contributed by atoms with van der Waals surface area (Å²) in [5.41, 5.74) is 4.24. The second-order valence-electron chi connectivity index (χ2n) is 9.56. The Kier molecular flexibility index (Phi) is 7.70. The molecule has 1 atom stereocenters. The molecule has 1 aromatic heterocycles. The molecule has 7 nitrogen and oxygen atoms in total. The molecule has 1 aliphatic rings. The highest BCUT2D eigenvalue weighted by atomic mass is 32.2. The maximum absolute atomic E-state index is 9.85. The van der Waals surface area contributed by atoms with Gasteiger partial charge in [0.2, 0.25) is 12.7 Å². The van der Waals surface area contributed by atoms with Crippen molar-refractivity contribution < 1.29 is 14.6 Å². The number of hydrogen-bond donors (Lipinski definition) is 3. The Balaban J connectivity index is 1.27. The van der Waals surface area contributed by atoms with E-state index in [-0.39, 0.29) is 19.4 Å². The molecule has 0 radical (unpaired) electrons. The highest BCUT2D eigenvalue weighted by Gasteiger charge is 2.20. The van der Waals surface area contributed by atoms with Crippen LogP contribution in [0.1, 0.15) is 29.2 Å². The minimum Gasteiger partial charge on any atom is -0.454 e. The van der Waals surface area contributed by atoms with Gasteiger partial charge in [-0.25, -0.2) is 4.98 Å². The van der Waals surface area contributed by atoms with E-state index in [1.807, 2.05) is 42.5 Å². The van der Waals surface area contributed by atoms with E-state index in [2.05, 4.69) is 66.1 Å². The van der Waals surface area contributed by atoms with E-state index >= 15 is 0 Å². The van der Waals surface area contributed by atoms with Gasteiger partial charge in [-0.15, -0.1) is 0 Å². The quantitative estimate of drug-likeness (QED) is 0.172. The summed E-state index contributed by atoms with van der Waals surface area (Å²) < 4.78 is 11.1. The van der Waals surface area contributed by atoms with Crippen LogP contribution in [0.25, 0.3) is 10.9 Å². The first kappa shape index (κ1) is 26.0. The van der Waals surface area contributed by atoms with Crippen molar-refractivity contribution in [3.05, 3.63) is 108 Å². The average molecular weight is 551 g/mol.